The molecule has 4 aromatic rings. The molecule has 2 fully saturated rings. The summed E-state index contributed by atoms with van der Waals surface area (Å²) in [5.74, 6) is 1.24. The third-order valence-electron chi connectivity index (χ3n) is 8.90. The van der Waals surface area contributed by atoms with Crippen LogP contribution >= 0.6 is 0 Å². The Bertz CT molecular complexity index is 1550. The van der Waals surface area contributed by atoms with Crippen molar-refractivity contribution >= 4 is 22.8 Å². The number of aromatic nitrogens is 3. The van der Waals surface area contributed by atoms with Crippen LogP contribution in [0, 0.1) is 5.92 Å². The molecule has 9 nitrogen and oxygen atoms in total. The Kier molecular flexibility index (Phi) is 7.93. The summed E-state index contributed by atoms with van der Waals surface area (Å²) in [6.07, 6.45) is 2.19. The Labute approximate surface area is 246 Å². The molecule has 42 heavy (non-hydrogen) atoms. The number of carbonyl (C=O) groups is 2. The molecule has 1 aromatic heterocycles. The van der Waals surface area contributed by atoms with Crippen LogP contribution in [0.1, 0.15) is 35.4 Å². The Morgan fingerprint density at radius 2 is 1.69 bits per heavy atom. The first kappa shape index (κ1) is 27.9. The van der Waals surface area contributed by atoms with Crippen molar-refractivity contribution in [2.45, 2.75) is 43.8 Å². The molecule has 0 saturated carbocycles. The van der Waals surface area contributed by atoms with Crippen LogP contribution in [-0.2, 0) is 29.6 Å². The van der Waals surface area contributed by atoms with E-state index in [1.54, 1.807) is 11.8 Å². The topological polar surface area (TPSA) is 92.6 Å². The SMILES string of the molecule is COc1ccc(CC2CC(C(=O)NCc3ccc4c(c3)nnn4C)N(C(=O)C3CC(c4ccccc4)CN3C)C2)cc1. The van der Waals surface area contributed by atoms with Gasteiger partial charge in [0.2, 0.25) is 11.8 Å². The van der Waals surface area contributed by atoms with Gasteiger partial charge in [0, 0.05) is 26.7 Å². The average Bonchev–Trinajstić information content (AvgIpc) is 3.73. The van der Waals surface area contributed by atoms with Crippen molar-refractivity contribution in [1.82, 2.24) is 30.1 Å². The Morgan fingerprint density at radius 3 is 2.45 bits per heavy atom. The molecule has 1 N–H and O–H groups in total. The number of amides is 2. The van der Waals surface area contributed by atoms with Gasteiger partial charge >= 0.3 is 0 Å². The highest BCUT2D eigenvalue weighted by molar-refractivity contribution is 5.90. The van der Waals surface area contributed by atoms with E-state index >= 15 is 0 Å². The standard InChI is InChI=1S/C33H38N6O3/c1-37-21-26(25-7-5-4-6-8-25)18-31(37)33(41)39-20-24(15-22-9-12-27(42-3)13-10-22)17-30(39)32(40)34-19-23-11-14-29-28(16-23)35-36-38(29)2/h4-14,16,24,26,30-31H,15,17-21H2,1-3H3,(H,34,40). The monoisotopic (exact) mass is 566 g/mol. The fourth-order valence-electron chi connectivity index (χ4n) is 6.61. The lowest BCUT2D eigenvalue weighted by molar-refractivity contribution is -0.141. The maximum Gasteiger partial charge on any atom is 0.243 e. The number of hydrogen-bond donors (Lipinski definition) is 1. The number of aryl methyl sites for hydroxylation is 1. The number of rotatable bonds is 8. The molecule has 9 heteroatoms. The molecule has 6 rings (SSSR count). The van der Waals surface area contributed by atoms with Crippen LogP contribution in [0.3, 0.4) is 0 Å². The second-order valence-corrected chi connectivity index (χ2v) is 11.7. The number of nitrogens with zero attached hydrogens (tertiary/aromatic N) is 5. The third kappa shape index (κ3) is 5.74. The van der Waals surface area contributed by atoms with Gasteiger partial charge in [-0.3, -0.25) is 14.5 Å². The van der Waals surface area contributed by atoms with Crippen LogP contribution in [0.2, 0.25) is 0 Å². The van der Waals surface area contributed by atoms with Crippen molar-refractivity contribution in [3.05, 3.63) is 89.5 Å². The zero-order chi connectivity index (χ0) is 29.2. The molecule has 0 bridgehead atoms. The second kappa shape index (κ2) is 11.9. The van der Waals surface area contributed by atoms with Gasteiger partial charge in [-0.15, -0.1) is 5.10 Å². The first-order valence-corrected chi connectivity index (χ1v) is 14.6. The van der Waals surface area contributed by atoms with E-state index in [0.29, 0.717) is 25.4 Å². The van der Waals surface area contributed by atoms with E-state index in [1.807, 2.05) is 55.4 Å². The van der Waals surface area contributed by atoms with Gasteiger partial charge < -0.3 is 15.0 Å². The third-order valence-corrected chi connectivity index (χ3v) is 8.90. The quantitative estimate of drug-likeness (QED) is 0.351. The predicted octanol–water partition coefficient (Wildman–Crippen LogP) is 3.54. The van der Waals surface area contributed by atoms with Crippen LogP contribution in [-0.4, -0.2) is 75.9 Å². The van der Waals surface area contributed by atoms with Crippen molar-refractivity contribution in [2.75, 3.05) is 27.2 Å². The van der Waals surface area contributed by atoms with Crippen LogP contribution < -0.4 is 10.1 Å². The average molecular weight is 567 g/mol. The van der Waals surface area contributed by atoms with Gasteiger partial charge in [0.1, 0.15) is 17.3 Å². The summed E-state index contributed by atoms with van der Waals surface area (Å²) in [4.78, 5) is 31.8. The number of nitrogens with one attached hydrogen (secondary N) is 1. The lowest BCUT2D eigenvalue weighted by atomic mass is 9.96. The molecular weight excluding hydrogens is 528 g/mol. The maximum absolute atomic E-state index is 14.1. The van der Waals surface area contributed by atoms with Gasteiger partial charge in [0.05, 0.1) is 18.7 Å². The van der Waals surface area contributed by atoms with E-state index in [-0.39, 0.29) is 23.8 Å². The predicted molar refractivity (Wildman–Crippen MR) is 161 cm³/mol. The zero-order valence-corrected chi connectivity index (χ0v) is 24.4. The summed E-state index contributed by atoms with van der Waals surface area (Å²) >= 11 is 0. The minimum absolute atomic E-state index is 0.0503. The smallest absolute Gasteiger partial charge is 0.243 e. The van der Waals surface area contributed by atoms with Crippen molar-refractivity contribution in [2.24, 2.45) is 13.0 Å². The molecule has 218 valence electrons. The largest absolute Gasteiger partial charge is 0.497 e. The van der Waals surface area contributed by atoms with Gasteiger partial charge in [0.15, 0.2) is 0 Å². The lowest BCUT2D eigenvalue weighted by Gasteiger charge is -2.29. The van der Waals surface area contributed by atoms with E-state index < -0.39 is 6.04 Å². The molecular formula is C33H38N6O3. The Hall–Kier alpha value is -4.24. The highest BCUT2D eigenvalue weighted by Crippen LogP contribution is 2.34. The van der Waals surface area contributed by atoms with Gasteiger partial charge in [-0.25, -0.2) is 4.68 Å². The maximum atomic E-state index is 14.1. The number of fused-ring (bicyclic) bond motifs is 1. The van der Waals surface area contributed by atoms with Crippen molar-refractivity contribution < 1.29 is 14.3 Å². The molecule has 2 amide bonds. The van der Waals surface area contributed by atoms with E-state index in [1.165, 1.54) is 11.1 Å². The fraction of sp³-hybridized carbons (Fsp3) is 0.394. The molecule has 4 unspecified atom stereocenters. The van der Waals surface area contributed by atoms with Crippen molar-refractivity contribution in [3.8, 4) is 5.75 Å². The van der Waals surface area contributed by atoms with E-state index in [4.69, 9.17) is 4.74 Å². The van der Waals surface area contributed by atoms with Crippen LogP contribution in [0.5, 0.6) is 5.75 Å². The molecule has 3 aromatic carbocycles. The van der Waals surface area contributed by atoms with Crippen molar-refractivity contribution in [3.63, 3.8) is 0 Å². The normalized spacial score (nSPS) is 22.5. The van der Waals surface area contributed by atoms with Crippen molar-refractivity contribution in [1.29, 1.82) is 0 Å². The van der Waals surface area contributed by atoms with Gasteiger partial charge in [-0.2, -0.15) is 0 Å². The number of carbonyl (C=O) groups excluding carboxylic acids is 2. The molecule has 0 aliphatic carbocycles. The minimum atomic E-state index is -0.509. The molecule has 3 heterocycles. The fourth-order valence-corrected chi connectivity index (χ4v) is 6.61. The number of likely N-dealkylation sites (N-methyl/N-ethyl adjacent to an activating group) is 1. The molecule has 2 aliphatic rings. The highest BCUT2D eigenvalue weighted by Gasteiger charge is 2.45. The molecule has 4 atom stereocenters. The van der Waals surface area contributed by atoms with E-state index in [9.17, 15) is 9.59 Å². The highest BCUT2D eigenvalue weighted by atomic mass is 16.5. The number of hydrogen-bond acceptors (Lipinski definition) is 6. The molecule has 2 saturated heterocycles. The lowest BCUT2D eigenvalue weighted by Crippen LogP contribution is -2.51. The summed E-state index contributed by atoms with van der Waals surface area (Å²) in [5.41, 5.74) is 5.11. The van der Waals surface area contributed by atoms with Gasteiger partial charge in [-0.05, 0) is 79.1 Å². The number of likely N-dealkylation sites (tertiary alicyclic amines) is 2. The van der Waals surface area contributed by atoms with E-state index in [0.717, 1.165) is 41.7 Å². The van der Waals surface area contributed by atoms with Crippen LogP contribution in [0.4, 0.5) is 0 Å². The Balaban J connectivity index is 1.18. The van der Waals surface area contributed by atoms with Crippen LogP contribution in [0.15, 0.2) is 72.8 Å². The first-order valence-electron chi connectivity index (χ1n) is 14.6. The zero-order valence-electron chi connectivity index (χ0n) is 24.4. The number of benzene rings is 3. The Morgan fingerprint density at radius 1 is 0.929 bits per heavy atom. The molecule has 0 spiro atoms. The number of ether oxygens (including phenoxy) is 1. The summed E-state index contributed by atoms with van der Waals surface area (Å²) in [6.45, 7) is 1.76. The summed E-state index contributed by atoms with van der Waals surface area (Å²) in [5, 5.41) is 11.4. The molecule has 2 aliphatic heterocycles. The molecule has 0 radical (unpaired) electrons. The van der Waals surface area contributed by atoms with Crippen LogP contribution in [0.25, 0.3) is 11.0 Å². The summed E-state index contributed by atoms with van der Waals surface area (Å²) in [7, 11) is 5.54. The van der Waals surface area contributed by atoms with Gasteiger partial charge in [-0.1, -0.05) is 53.7 Å². The summed E-state index contributed by atoms with van der Waals surface area (Å²) in [6, 6.07) is 23.6. The summed E-state index contributed by atoms with van der Waals surface area (Å²) < 4.78 is 7.04. The minimum Gasteiger partial charge on any atom is -0.497 e. The second-order valence-electron chi connectivity index (χ2n) is 11.7. The van der Waals surface area contributed by atoms with E-state index in [2.05, 4.69) is 56.9 Å². The number of methoxy groups -OCH3 is 1. The first-order chi connectivity index (χ1) is 20.4. The van der Waals surface area contributed by atoms with Gasteiger partial charge in [0.25, 0.3) is 0 Å².